The van der Waals surface area contributed by atoms with Crippen LogP contribution in [0.5, 0.6) is 0 Å². The van der Waals surface area contributed by atoms with E-state index in [-0.39, 0.29) is 35.9 Å². The Morgan fingerprint density at radius 1 is 0.930 bits per heavy atom. The van der Waals surface area contributed by atoms with E-state index >= 15 is 0 Å². The molecular formula is C34H41Cl2N3O4. The molecule has 1 aliphatic carbocycles. The second-order valence-corrected chi connectivity index (χ2v) is 14.4. The Morgan fingerprint density at radius 3 is 2.26 bits per heavy atom. The van der Waals surface area contributed by atoms with Gasteiger partial charge in [0.05, 0.1) is 27.7 Å². The molecule has 3 aliphatic heterocycles. The number of nitrogens with zero attached hydrogens (tertiary/aromatic N) is 3. The summed E-state index contributed by atoms with van der Waals surface area (Å²) >= 11 is 13.7. The molecule has 0 spiro atoms. The minimum atomic E-state index is -0.585. The number of hydrogen-bond donors (Lipinski definition) is 0. The lowest BCUT2D eigenvalue weighted by molar-refractivity contribution is -0.133. The molecule has 3 amide bonds. The van der Waals surface area contributed by atoms with Gasteiger partial charge in [-0.3, -0.25) is 9.59 Å². The number of hydrogen-bond acceptors (Lipinski definition) is 4. The van der Waals surface area contributed by atoms with Crippen molar-refractivity contribution < 1.29 is 19.1 Å². The molecule has 2 bridgehead atoms. The van der Waals surface area contributed by atoms with Gasteiger partial charge >= 0.3 is 6.09 Å². The van der Waals surface area contributed by atoms with Crippen molar-refractivity contribution in [2.45, 2.75) is 95.9 Å². The minimum absolute atomic E-state index is 0.101. The fourth-order valence-electron chi connectivity index (χ4n) is 7.52. The van der Waals surface area contributed by atoms with Crippen LogP contribution >= 0.6 is 23.2 Å². The van der Waals surface area contributed by atoms with Crippen molar-refractivity contribution in [3.8, 4) is 11.1 Å². The lowest BCUT2D eigenvalue weighted by Crippen LogP contribution is -2.51. The molecule has 9 heteroatoms. The number of carbonyl (C=O) groups excluding carboxylic acids is 3. The summed E-state index contributed by atoms with van der Waals surface area (Å²) in [5, 5.41) is 0.717. The number of ether oxygens (including phenoxy) is 1. The van der Waals surface area contributed by atoms with Crippen LogP contribution in [-0.4, -0.2) is 76.0 Å². The quantitative estimate of drug-likeness (QED) is 0.352. The van der Waals surface area contributed by atoms with Crippen LogP contribution in [0.4, 0.5) is 4.79 Å². The number of rotatable bonds is 5. The summed E-state index contributed by atoms with van der Waals surface area (Å²) in [7, 11) is 0. The van der Waals surface area contributed by atoms with Crippen LogP contribution in [-0.2, 0) is 16.0 Å². The highest BCUT2D eigenvalue weighted by Gasteiger charge is 2.49. The van der Waals surface area contributed by atoms with Crippen LogP contribution < -0.4 is 0 Å². The number of piperazine rings is 1. The van der Waals surface area contributed by atoms with E-state index in [4.69, 9.17) is 27.9 Å². The average molecular weight is 627 g/mol. The molecule has 7 nitrogen and oxygen atoms in total. The van der Waals surface area contributed by atoms with Crippen molar-refractivity contribution in [1.29, 1.82) is 0 Å². The standard InChI is InChI=1S/C34H41Cl2N3O4/c1-34(2,3)43-33(42)39-20-24-17-25(39)19-38(24)32(41)29-26(21-10-6-4-7-11-21)18-28(35)30(36)27(29)16-22-14-15-37(31(22)40)23-12-8-5-9-13-23/h4,6-7,10-11,18,22-25H,5,8-9,12-17,19-20H2,1-3H3. The van der Waals surface area contributed by atoms with E-state index in [0.29, 0.717) is 53.1 Å². The Bertz CT molecular complexity index is 1400. The lowest BCUT2D eigenvalue weighted by atomic mass is 9.88. The van der Waals surface area contributed by atoms with E-state index in [1.165, 1.54) is 19.3 Å². The first-order valence-corrected chi connectivity index (χ1v) is 16.4. The second kappa shape index (κ2) is 12.0. The predicted molar refractivity (Wildman–Crippen MR) is 168 cm³/mol. The van der Waals surface area contributed by atoms with Crippen molar-refractivity contribution in [2.24, 2.45) is 5.92 Å². The Hall–Kier alpha value is -2.77. The molecule has 1 saturated carbocycles. The van der Waals surface area contributed by atoms with Gasteiger partial charge in [0.1, 0.15) is 5.60 Å². The molecule has 2 aromatic rings. The maximum Gasteiger partial charge on any atom is 0.410 e. The van der Waals surface area contributed by atoms with Gasteiger partial charge in [-0.25, -0.2) is 4.79 Å². The third-order valence-electron chi connectivity index (χ3n) is 9.56. The molecular weight excluding hydrogens is 585 g/mol. The molecule has 6 rings (SSSR count). The molecule has 2 aromatic carbocycles. The Labute approximate surface area is 264 Å². The number of halogens is 2. The number of carbonyl (C=O) groups is 3. The van der Waals surface area contributed by atoms with Crippen LogP contribution in [0, 0.1) is 5.92 Å². The first-order chi connectivity index (χ1) is 20.5. The fourth-order valence-corrected chi connectivity index (χ4v) is 7.97. The summed E-state index contributed by atoms with van der Waals surface area (Å²) in [5.74, 6) is -0.208. The Kier molecular flexibility index (Phi) is 8.42. The summed E-state index contributed by atoms with van der Waals surface area (Å²) in [6, 6.07) is 11.6. The number of likely N-dealkylation sites (tertiary alicyclic amines) is 3. The van der Waals surface area contributed by atoms with Gasteiger partial charge in [0.2, 0.25) is 5.91 Å². The third kappa shape index (κ3) is 6.00. The average Bonchev–Trinajstić information content (AvgIpc) is 3.70. The van der Waals surface area contributed by atoms with Crippen molar-refractivity contribution in [3.05, 3.63) is 57.6 Å². The van der Waals surface area contributed by atoms with Crippen molar-refractivity contribution in [1.82, 2.24) is 14.7 Å². The molecule has 3 unspecified atom stereocenters. The molecule has 43 heavy (non-hydrogen) atoms. The topological polar surface area (TPSA) is 70.2 Å². The fraction of sp³-hybridized carbons (Fsp3) is 0.559. The number of amides is 3. The second-order valence-electron chi connectivity index (χ2n) is 13.6. The first-order valence-electron chi connectivity index (χ1n) is 15.7. The zero-order valence-electron chi connectivity index (χ0n) is 25.3. The van der Waals surface area contributed by atoms with Gasteiger partial charge in [0, 0.05) is 31.6 Å². The van der Waals surface area contributed by atoms with E-state index in [1.54, 1.807) is 11.0 Å². The van der Waals surface area contributed by atoms with Crippen molar-refractivity contribution in [3.63, 3.8) is 0 Å². The van der Waals surface area contributed by atoms with E-state index < -0.39 is 5.60 Å². The smallest absolute Gasteiger partial charge is 0.410 e. The van der Waals surface area contributed by atoms with Gasteiger partial charge in [0.15, 0.2) is 0 Å². The lowest BCUT2D eigenvalue weighted by Gasteiger charge is -2.36. The van der Waals surface area contributed by atoms with Crippen molar-refractivity contribution in [2.75, 3.05) is 19.6 Å². The normalized spacial score (nSPS) is 24.3. The zero-order valence-corrected chi connectivity index (χ0v) is 26.8. The Morgan fingerprint density at radius 2 is 1.60 bits per heavy atom. The molecule has 3 atom stereocenters. The van der Waals surface area contributed by atoms with Gasteiger partial charge in [-0.1, -0.05) is 72.8 Å². The highest BCUT2D eigenvalue weighted by molar-refractivity contribution is 6.43. The summed E-state index contributed by atoms with van der Waals surface area (Å²) in [4.78, 5) is 46.9. The van der Waals surface area contributed by atoms with Gasteiger partial charge in [-0.2, -0.15) is 0 Å². The van der Waals surface area contributed by atoms with Crippen LogP contribution in [0.3, 0.4) is 0 Å². The molecule has 4 aliphatic rings. The maximum absolute atomic E-state index is 14.6. The van der Waals surface area contributed by atoms with E-state index in [9.17, 15) is 14.4 Å². The molecule has 0 radical (unpaired) electrons. The summed E-state index contributed by atoms with van der Waals surface area (Å²) < 4.78 is 5.63. The van der Waals surface area contributed by atoms with E-state index in [2.05, 4.69) is 4.90 Å². The molecule has 0 N–H and O–H groups in total. The van der Waals surface area contributed by atoms with Crippen LogP contribution in [0.1, 0.15) is 81.6 Å². The van der Waals surface area contributed by atoms with Crippen molar-refractivity contribution >= 4 is 41.1 Å². The largest absolute Gasteiger partial charge is 0.444 e. The van der Waals surface area contributed by atoms with Gasteiger partial charge < -0.3 is 19.4 Å². The zero-order chi connectivity index (χ0) is 30.5. The maximum atomic E-state index is 14.6. The van der Waals surface area contributed by atoms with Crippen LogP contribution in [0.25, 0.3) is 11.1 Å². The Balaban J connectivity index is 1.31. The van der Waals surface area contributed by atoms with Crippen LogP contribution in [0.2, 0.25) is 10.0 Å². The summed E-state index contributed by atoms with van der Waals surface area (Å²) in [6.45, 7) is 7.17. The summed E-state index contributed by atoms with van der Waals surface area (Å²) in [6.07, 6.45) is 7.19. The molecule has 230 valence electrons. The summed E-state index contributed by atoms with van der Waals surface area (Å²) in [5.41, 5.74) is 2.16. The predicted octanol–water partition coefficient (Wildman–Crippen LogP) is 7.22. The molecule has 0 aromatic heterocycles. The number of fused-ring (bicyclic) bond motifs is 2. The number of benzene rings is 2. The SMILES string of the molecule is CC(C)(C)OC(=O)N1CC2CC1CN2C(=O)c1c(-c2ccccc2)cc(Cl)c(Cl)c1CC1CCN(C2CCCCC2)C1=O. The van der Waals surface area contributed by atoms with E-state index in [0.717, 1.165) is 36.9 Å². The highest BCUT2D eigenvalue weighted by atomic mass is 35.5. The first kappa shape index (κ1) is 30.3. The molecule has 3 heterocycles. The van der Waals surface area contributed by atoms with Gasteiger partial charge in [-0.15, -0.1) is 0 Å². The highest BCUT2D eigenvalue weighted by Crippen LogP contribution is 2.42. The van der Waals surface area contributed by atoms with Gasteiger partial charge in [0.25, 0.3) is 5.91 Å². The van der Waals surface area contributed by atoms with Crippen LogP contribution in [0.15, 0.2) is 36.4 Å². The third-order valence-corrected chi connectivity index (χ3v) is 10.4. The minimum Gasteiger partial charge on any atom is -0.444 e. The monoisotopic (exact) mass is 625 g/mol. The van der Waals surface area contributed by atoms with Gasteiger partial charge in [-0.05, 0) is 75.6 Å². The molecule has 4 fully saturated rings. The van der Waals surface area contributed by atoms with E-state index in [1.807, 2.05) is 56.0 Å². The molecule has 3 saturated heterocycles.